The number of methoxy groups -OCH3 is 1. The van der Waals surface area contributed by atoms with Crippen molar-refractivity contribution in [2.24, 2.45) is 0 Å². The molecular formula is C27H39N2O11P. The Morgan fingerprint density at radius 1 is 1.05 bits per heavy atom. The van der Waals surface area contributed by atoms with Gasteiger partial charge >= 0.3 is 31.5 Å². The molecule has 0 bridgehead atoms. The van der Waals surface area contributed by atoms with E-state index in [0.29, 0.717) is 22.4 Å². The predicted molar refractivity (Wildman–Crippen MR) is 148 cm³/mol. The second-order valence-electron chi connectivity index (χ2n) is 9.39. The number of aliphatic carboxylic acids is 1. The molecular weight excluding hydrogens is 559 g/mol. The number of carboxylic acids is 1. The molecule has 2 atom stereocenters. The largest absolute Gasteiger partial charge is 0.496 e. The van der Waals surface area contributed by atoms with Crippen LogP contribution in [0.2, 0.25) is 0 Å². The summed E-state index contributed by atoms with van der Waals surface area (Å²) >= 11 is 0. The fraction of sp³-hybridized carbons (Fsp3) is 0.556. The van der Waals surface area contributed by atoms with Gasteiger partial charge in [0.1, 0.15) is 30.0 Å². The number of carbonyl (C=O) groups excluding carboxylic acids is 3. The molecule has 3 N–H and O–H groups in total. The number of hydrogen-bond acceptors (Lipinski definition) is 10. The molecule has 0 saturated heterocycles. The first-order valence-electron chi connectivity index (χ1n) is 13.2. The Labute approximate surface area is 239 Å². The van der Waals surface area contributed by atoms with Crippen LogP contribution < -0.4 is 19.4 Å². The van der Waals surface area contributed by atoms with Crippen LogP contribution in [-0.2, 0) is 46.2 Å². The zero-order chi connectivity index (χ0) is 30.9. The van der Waals surface area contributed by atoms with Crippen molar-refractivity contribution in [1.82, 2.24) is 10.2 Å². The third-order valence-electron chi connectivity index (χ3n) is 6.24. The summed E-state index contributed by atoms with van der Waals surface area (Å²) in [6.07, 6.45) is 2.09. The molecule has 0 saturated carbocycles. The van der Waals surface area contributed by atoms with Crippen molar-refractivity contribution in [3.05, 3.63) is 33.9 Å². The van der Waals surface area contributed by atoms with Gasteiger partial charge in [-0.1, -0.05) is 11.6 Å². The molecule has 1 aliphatic rings. The van der Waals surface area contributed by atoms with E-state index < -0.39 is 43.6 Å². The SMILES string of the molecule is CCOC(=O)C(C)NP(=O)(NC(C)C(=O)OCC)Oc1c(C/C=C(\C)CCC(=O)O)c(OC)c(C)c2c1C(=O)OC2. The quantitative estimate of drug-likeness (QED) is 0.109. The van der Waals surface area contributed by atoms with E-state index >= 15 is 0 Å². The maximum Gasteiger partial charge on any atom is 0.391 e. The Balaban J connectivity index is 2.69. The Morgan fingerprint density at radius 3 is 2.10 bits per heavy atom. The van der Waals surface area contributed by atoms with Crippen molar-refractivity contribution in [2.45, 2.75) is 79.5 Å². The average molecular weight is 599 g/mol. The van der Waals surface area contributed by atoms with Gasteiger partial charge in [0.2, 0.25) is 0 Å². The van der Waals surface area contributed by atoms with Crippen molar-refractivity contribution < 1.29 is 52.3 Å². The lowest BCUT2D eigenvalue weighted by Crippen LogP contribution is -2.43. The van der Waals surface area contributed by atoms with Gasteiger partial charge in [-0.15, -0.1) is 0 Å². The van der Waals surface area contributed by atoms with Crippen LogP contribution in [0.15, 0.2) is 11.6 Å². The Hall–Kier alpha value is -3.41. The third kappa shape index (κ3) is 8.79. The van der Waals surface area contributed by atoms with Gasteiger partial charge in [-0.3, -0.25) is 14.4 Å². The van der Waals surface area contributed by atoms with Crippen molar-refractivity contribution in [1.29, 1.82) is 0 Å². The van der Waals surface area contributed by atoms with Gasteiger partial charge in [0.15, 0.2) is 5.75 Å². The molecule has 1 aromatic carbocycles. The van der Waals surface area contributed by atoms with Gasteiger partial charge in [-0.2, -0.15) is 0 Å². The van der Waals surface area contributed by atoms with Crippen LogP contribution in [0.1, 0.15) is 74.5 Å². The van der Waals surface area contributed by atoms with E-state index in [2.05, 4.69) is 10.2 Å². The summed E-state index contributed by atoms with van der Waals surface area (Å²) in [5.41, 5.74) is 2.22. The first-order chi connectivity index (χ1) is 19.3. The summed E-state index contributed by atoms with van der Waals surface area (Å²) in [6.45, 7) is 9.66. The number of cyclic esters (lactones) is 1. The molecule has 228 valence electrons. The molecule has 2 rings (SSSR count). The summed E-state index contributed by atoms with van der Waals surface area (Å²) in [4.78, 5) is 48.8. The normalized spacial score (nSPS) is 15.7. The molecule has 0 aromatic heterocycles. The second-order valence-corrected chi connectivity index (χ2v) is 11.2. The van der Waals surface area contributed by atoms with Gasteiger partial charge in [-0.05, 0) is 59.9 Å². The van der Waals surface area contributed by atoms with Crippen LogP contribution in [0, 0.1) is 6.92 Å². The number of esters is 3. The molecule has 41 heavy (non-hydrogen) atoms. The minimum absolute atomic E-state index is 0.0336. The number of carboxylic acid groups (broad SMARTS) is 1. The summed E-state index contributed by atoms with van der Waals surface area (Å²) in [5.74, 6) is -2.86. The fourth-order valence-corrected chi connectivity index (χ4v) is 6.03. The van der Waals surface area contributed by atoms with Crippen molar-refractivity contribution in [3.8, 4) is 11.5 Å². The highest BCUT2D eigenvalue weighted by Gasteiger charge is 2.39. The van der Waals surface area contributed by atoms with E-state index in [1.807, 2.05) is 0 Å². The Kier molecular flexibility index (Phi) is 12.4. The molecule has 2 unspecified atom stereocenters. The van der Waals surface area contributed by atoms with Crippen molar-refractivity contribution in [2.75, 3.05) is 20.3 Å². The highest BCUT2D eigenvalue weighted by Crippen LogP contribution is 2.49. The van der Waals surface area contributed by atoms with E-state index in [1.165, 1.54) is 21.0 Å². The van der Waals surface area contributed by atoms with Crippen LogP contribution in [-0.4, -0.2) is 61.4 Å². The zero-order valence-electron chi connectivity index (χ0n) is 24.5. The van der Waals surface area contributed by atoms with Crippen LogP contribution in [0.5, 0.6) is 11.5 Å². The summed E-state index contributed by atoms with van der Waals surface area (Å²) in [5, 5.41) is 14.2. The number of rotatable bonds is 16. The molecule has 0 aliphatic carbocycles. The maximum absolute atomic E-state index is 14.3. The van der Waals surface area contributed by atoms with E-state index in [-0.39, 0.29) is 50.4 Å². The minimum atomic E-state index is -4.38. The van der Waals surface area contributed by atoms with Gasteiger partial charge in [0, 0.05) is 17.5 Å². The highest BCUT2D eigenvalue weighted by molar-refractivity contribution is 7.55. The van der Waals surface area contributed by atoms with Gasteiger partial charge < -0.3 is 28.6 Å². The molecule has 0 fully saturated rings. The van der Waals surface area contributed by atoms with Crippen molar-refractivity contribution >= 4 is 31.5 Å². The summed E-state index contributed by atoms with van der Waals surface area (Å²) in [6, 6.07) is -2.28. The van der Waals surface area contributed by atoms with E-state index in [4.69, 9.17) is 28.6 Å². The second kappa shape index (κ2) is 15.0. The van der Waals surface area contributed by atoms with Crippen LogP contribution >= 0.6 is 7.67 Å². The molecule has 13 nitrogen and oxygen atoms in total. The van der Waals surface area contributed by atoms with E-state index in [9.17, 15) is 23.7 Å². The summed E-state index contributed by atoms with van der Waals surface area (Å²) in [7, 11) is -2.94. The molecule has 1 heterocycles. The number of allylic oxidation sites excluding steroid dienone is 2. The molecule has 1 aliphatic heterocycles. The van der Waals surface area contributed by atoms with Crippen LogP contribution in [0.25, 0.3) is 0 Å². The number of ether oxygens (including phenoxy) is 4. The lowest BCUT2D eigenvalue weighted by molar-refractivity contribution is -0.145. The van der Waals surface area contributed by atoms with Gasteiger partial charge in [0.05, 0.1) is 20.3 Å². The molecule has 1 aromatic rings. The first-order valence-corrected chi connectivity index (χ1v) is 14.9. The van der Waals surface area contributed by atoms with Crippen molar-refractivity contribution in [3.63, 3.8) is 0 Å². The summed E-state index contributed by atoms with van der Waals surface area (Å²) < 4.78 is 41.4. The van der Waals surface area contributed by atoms with Gasteiger partial charge in [0.25, 0.3) is 0 Å². The molecule has 14 heteroatoms. The zero-order valence-corrected chi connectivity index (χ0v) is 25.3. The predicted octanol–water partition coefficient (Wildman–Crippen LogP) is 3.60. The maximum atomic E-state index is 14.3. The van der Waals surface area contributed by atoms with E-state index in [0.717, 1.165) is 5.57 Å². The first kappa shape index (κ1) is 33.8. The van der Waals surface area contributed by atoms with Crippen LogP contribution in [0.3, 0.4) is 0 Å². The monoisotopic (exact) mass is 598 g/mol. The standard InChI is InChI=1S/C27H39N2O11P/c1-8-37-25(32)17(5)28-41(35,29-18(6)26(33)38-9-2)40-24-19(12-10-15(3)11-13-21(30)31)23(36-7)16(4)20-14-39-27(34)22(20)24/h10,17-18H,8-9,11-14H2,1-7H3,(H,30,31)(H2,28,29,35)/b15-10+. The number of hydrogen-bond donors (Lipinski definition) is 3. The number of nitrogens with one attached hydrogen (secondary N) is 2. The minimum Gasteiger partial charge on any atom is -0.496 e. The molecule has 0 amide bonds. The smallest absolute Gasteiger partial charge is 0.391 e. The lowest BCUT2D eigenvalue weighted by atomic mass is 9.94. The average Bonchev–Trinajstić information content (AvgIpc) is 3.29. The van der Waals surface area contributed by atoms with E-state index in [1.54, 1.807) is 33.8 Å². The van der Waals surface area contributed by atoms with Crippen LogP contribution in [0.4, 0.5) is 0 Å². The topological polar surface area (TPSA) is 176 Å². The van der Waals surface area contributed by atoms with Gasteiger partial charge in [-0.25, -0.2) is 19.5 Å². The highest BCUT2D eigenvalue weighted by atomic mass is 31.2. The number of benzene rings is 1. The Morgan fingerprint density at radius 2 is 1.61 bits per heavy atom. The lowest BCUT2D eigenvalue weighted by Gasteiger charge is -2.28. The fourth-order valence-electron chi connectivity index (χ4n) is 4.16. The molecule has 0 radical (unpaired) electrons. The molecule has 0 spiro atoms. The third-order valence-corrected chi connectivity index (χ3v) is 8.14. The number of carbonyl (C=O) groups is 4. The number of fused-ring (bicyclic) bond motifs is 1. The Bertz CT molecular complexity index is 1210.